The fourth-order valence-corrected chi connectivity index (χ4v) is 2.31. The fourth-order valence-electron chi connectivity index (χ4n) is 2.31. The molecule has 1 aromatic carbocycles. The zero-order valence-electron chi connectivity index (χ0n) is 13.9. The molecule has 1 aromatic rings. The molecule has 0 bridgehead atoms. The van der Waals surface area contributed by atoms with Crippen molar-refractivity contribution in [1.82, 2.24) is 0 Å². The van der Waals surface area contributed by atoms with Crippen LogP contribution in [0.25, 0.3) is 0 Å². The maximum atomic E-state index is 11.9. The van der Waals surface area contributed by atoms with Crippen molar-refractivity contribution in [2.75, 3.05) is 5.32 Å². The van der Waals surface area contributed by atoms with Gasteiger partial charge in [-0.15, -0.1) is 0 Å². The molecule has 0 aliphatic rings. The number of anilines is 1. The van der Waals surface area contributed by atoms with Gasteiger partial charge in [-0.05, 0) is 58.6 Å². The van der Waals surface area contributed by atoms with Crippen LogP contribution in [-0.4, -0.2) is 22.4 Å². The number of carbonyl (C=O) groups is 1. The third-order valence-corrected chi connectivity index (χ3v) is 2.93. The van der Waals surface area contributed by atoms with E-state index in [4.69, 9.17) is 4.74 Å². The Morgan fingerprint density at radius 3 is 2.33 bits per heavy atom. The monoisotopic (exact) mass is 293 g/mol. The molecular weight excluding hydrogens is 266 g/mol. The van der Waals surface area contributed by atoms with E-state index >= 15 is 0 Å². The number of ether oxygens (including phenoxy) is 1. The molecule has 1 unspecified atom stereocenters. The van der Waals surface area contributed by atoms with Crippen molar-refractivity contribution in [2.24, 2.45) is 0 Å². The Balaban J connectivity index is 2.87. The number of hydrogen-bond acceptors (Lipinski definition) is 3. The Morgan fingerprint density at radius 2 is 1.81 bits per heavy atom. The molecular formula is C17H27NO3. The minimum Gasteiger partial charge on any atom is -0.444 e. The van der Waals surface area contributed by atoms with Gasteiger partial charge in [0.25, 0.3) is 0 Å². The molecule has 0 aliphatic heterocycles. The number of rotatable bonds is 4. The third kappa shape index (κ3) is 6.63. The smallest absolute Gasteiger partial charge is 0.412 e. The molecule has 0 saturated carbocycles. The van der Waals surface area contributed by atoms with Crippen LogP contribution >= 0.6 is 0 Å². The highest BCUT2D eigenvalue weighted by atomic mass is 16.6. The molecule has 0 radical (unpaired) electrons. The summed E-state index contributed by atoms with van der Waals surface area (Å²) in [7, 11) is 0. The van der Waals surface area contributed by atoms with E-state index in [0.717, 1.165) is 11.3 Å². The summed E-state index contributed by atoms with van der Waals surface area (Å²) in [5.41, 5.74) is 0.435. The first-order chi connectivity index (χ1) is 9.48. The lowest BCUT2D eigenvalue weighted by molar-refractivity contribution is 0.0636. The van der Waals surface area contributed by atoms with Crippen LogP contribution in [0, 0.1) is 0 Å². The molecule has 0 fully saturated rings. The molecule has 1 atom stereocenters. The Hall–Kier alpha value is -1.55. The molecule has 1 amide bonds. The second-order valence-corrected chi connectivity index (χ2v) is 7.13. The summed E-state index contributed by atoms with van der Waals surface area (Å²) >= 11 is 0. The fraction of sp³-hybridized carbons (Fsp3) is 0.588. The quantitative estimate of drug-likeness (QED) is 0.870. The van der Waals surface area contributed by atoms with Crippen molar-refractivity contribution in [2.45, 2.75) is 65.1 Å². The molecule has 2 N–H and O–H groups in total. The van der Waals surface area contributed by atoms with E-state index in [1.807, 2.05) is 52.0 Å². The van der Waals surface area contributed by atoms with Crippen LogP contribution in [0.4, 0.5) is 10.5 Å². The van der Waals surface area contributed by atoms with Crippen LogP contribution in [0.3, 0.4) is 0 Å². The van der Waals surface area contributed by atoms with E-state index in [9.17, 15) is 9.90 Å². The maximum absolute atomic E-state index is 11.9. The Kier molecular flexibility index (Phi) is 5.40. The Morgan fingerprint density at radius 1 is 1.24 bits per heavy atom. The van der Waals surface area contributed by atoms with Crippen molar-refractivity contribution in [3.8, 4) is 0 Å². The molecule has 4 heteroatoms. The average molecular weight is 293 g/mol. The first kappa shape index (κ1) is 17.5. The highest BCUT2D eigenvalue weighted by Crippen LogP contribution is 2.30. The standard InChI is InChI=1S/C17H27NO3/c1-12(11-17(5,6)20)13-9-7-8-10-14(13)18-15(19)21-16(2,3)4/h7-10,12,20H,11H2,1-6H3,(H,18,19). The zero-order chi connectivity index (χ0) is 16.3. The van der Waals surface area contributed by atoms with Crippen molar-refractivity contribution in [3.05, 3.63) is 29.8 Å². The number of benzene rings is 1. The predicted molar refractivity (Wildman–Crippen MR) is 85.6 cm³/mol. The van der Waals surface area contributed by atoms with Crippen LogP contribution in [0.1, 0.15) is 59.4 Å². The summed E-state index contributed by atoms with van der Waals surface area (Å²) in [4.78, 5) is 11.9. The summed E-state index contributed by atoms with van der Waals surface area (Å²) < 4.78 is 5.28. The lowest BCUT2D eigenvalue weighted by Crippen LogP contribution is -2.28. The second-order valence-electron chi connectivity index (χ2n) is 7.13. The van der Waals surface area contributed by atoms with E-state index in [1.165, 1.54) is 0 Å². The largest absolute Gasteiger partial charge is 0.444 e. The Bertz CT molecular complexity index is 484. The van der Waals surface area contributed by atoms with Gasteiger partial charge in [-0.1, -0.05) is 25.1 Å². The minimum absolute atomic E-state index is 0.121. The second kappa shape index (κ2) is 6.48. The van der Waals surface area contributed by atoms with Crippen molar-refractivity contribution >= 4 is 11.8 Å². The summed E-state index contributed by atoms with van der Waals surface area (Å²) in [5, 5.41) is 12.8. The zero-order valence-corrected chi connectivity index (χ0v) is 13.9. The van der Waals surface area contributed by atoms with Crippen molar-refractivity contribution < 1.29 is 14.6 Å². The van der Waals surface area contributed by atoms with E-state index in [2.05, 4.69) is 5.32 Å². The molecule has 0 aromatic heterocycles. The van der Waals surface area contributed by atoms with Crippen LogP contribution in [-0.2, 0) is 4.74 Å². The summed E-state index contributed by atoms with van der Waals surface area (Å²) in [6, 6.07) is 7.60. The topological polar surface area (TPSA) is 58.6 Å². The Labute approximate surface area is 127 Å². The van der Waals surface area contributed by atoms with Gasteiger partial charge in [0.05, 0.1) is 5.60 Å². The molecule has 0 heterocycles. The van der Waals surface area contributed by atoms with Gasteiger partial charge in [-0.3, -0.25) is 5.32 Å². The van der Waals surface area contributed by atoms with Crippen molar-refractivity contribution in [3.63, 3.8) is 0 Å². The number of carbonyl (C=O) groups excluding carboxylic acids is 1. The SMILES string of the molecule is CC(CC(C)(C)O)c1ccccc1NC(=O)OC(C)(C)C. The molecule has 4 nitrogen and oxygen atoms in total. The van der Waals surface area contributed by atoms with Gasteiger partial charge in [0.2, 0.25) is 0 Å². The van der Waals surface area contributed by atoms with Crippen molar-refractivity contribution in [1.29, 1.82) is 0 Å². The summed E-state index contributed by atoms with van der Waals surface area (Å²) in [5.74, 6) is 0.121. The first-order valence-electron chi connectivity index (χ1n) is 7.29. The summed E-state index contributed by atoms with van der Waals surface area (Å²) in [6.45, 7) is 11.1. The molecule has 1 rings (SSSR count). The van der Waals surface area contributed by atoms with E-state index in [-0.39, 0.29) is 5.92 Å². The lowest BCUT2D eigenvalue weighted by Gasteiger charge is -2.25. The molecule has 0 spiro atoms. The van der Waals surface area contributed by atoms with Crippen LogP contribution in [0.15, 0.2) is 24.3 Å². The lowest BCUT2D eigenvalue weighted by atomic mass is 9.88. The molecule has 0 aliphatic carbocycles. The number of para-hydroxylation sites is 1. The number of hydrogen-bond donors (Lipinski definition) is 2. The number of amides is 1. The van der Waals surface area contributed by atoms with Gasteiger partial charge in [0, 0.05) is 5.69 Å². The van der Waals surface area contributed by atoms with Gasteiger partial charge in [-0.2, -0.15) is 0 Å². The normalized spacial score (nSPS) is 13.7. The molecule has 0 saturated heterocycles. The van der Waals surface area contributed by atoms with E-state index < -0.39 is 17.3 Å². The van der Waals surface area contributed by atoms with Gasteiger partial charge in [-0.25, -0.2) is 4.79 Å². The average Bonchev–Trinajstić information content (AvgIpc) is 2.24. The van der Waals surface area contributed by atoms with Gasteiger partial charge in [0.15, 0.2) is 0 Å². The first-order valence-corrected chi connectivity index (χ1v) is 7.29. The van der Waals surface area contributed by atoms with Crippen LogP contribution in [0.2, 0.25) is 0 Å². The maximum Gasteiger partial charge on any atom is 0.412 e. The third-order valence-electron chi connectivity index (χ3n) is 2.93. The predicted octanol–water partition coefficient (Wildman–Crippen LogP) is 4.30. The molecule has 118 valence electrons. The van der Waals surface area contributed by atoms with Gasteiger partial charge in [0.1, 0.15) is 5.60 Å². The number of aliphatic hydroxyl groups is 1. The van der Waals surface area contributed by atoms with Gasteiger partial charge < -0.3 is 9.84 Å². The van der Waals surface area contributed by atoms with Gasteiger partial charge >= 0.3 is 6.09 Å². The number of nitrogens with one attached hydrogen (secondary N) is 1. The van der Waals surface area contributed by atoms with Crippen LogP contribution in [0.5, 0.6) is 0 Å². The highest BCUT2D eigenvalue weighted by molar-refractivity contribution is 5.86. The highest BCUT2D eigenvalue weighted by Gasteiger charge is 2.22. The summed E-state index contributed by atoms with van der Waals surface area (Å²) in [6.07, 6.45) is 0.144. The van der Waals surface area contributed by atoms with E-state index in [1.54, 1.807) is 13.8 Å². The van der Waals surface area contributed by atoms with E-state index in [0.29, 0.717) is 6.42 Å². The van der Waals surface area contributed by atoms with Crippen LogP contribution < -0.4 is 5.32 Å². The minimum atomic E-state index is -0.752. The molecule has 21 heavy (non-hydrogen) atoms.